The van der Waals surface area contributed by atoms with Gasteiger partial charge in [-0.25, -0.2) is 4.79 Å². The number of likely N-dealkylation sites (tertiary alicyclic amines) is 1. The number of carbonyl (C=O) groups excluding carboxylic acids is 2. The molecule has 108 valence electrons. The van der Waals surface area contributed by atoms with Crippen molar-refractivity contribution < 1.29 is 19.5 Å². The number of aliphatic carboxylic acids is 1. The molecule has 0 spiro atoms. The second-order valence-corrected chi connectivity index (χ2v) is 4.81. The summed E-state index contributed by atoms with van der Waals surface area (Å²) in [6, 6.07) is -1.19. The van der Waals surface area contributed by atoms with Gasteiger partial charge in [-0.05, 0) is 26.2 Å². The summed E-state index contributed by atoms with van der Waals surface area (Å²) in [6.07, 6.45) is 3.11. The first kappa shape index (κ1) is 15.3. The highest BCUT2D eigenvalue weighted by molar-refractivity contribution is 5.87. The number of nitrogens with zero attached hydrogens (tertiary/aromatic N) is 2. The molecule has 0 aromatic carbocycles. The van der Waals surface area contributed by atoms with E-state index in [0.717, 1.165) is 37.3 Å². The number of urea groups is 1. The highest BCUT2D eigenvalue weighted by atomic mass is 16.4. The molecule has 0 bridgehead atoms. The van der Waals surface area contributed by atoms with E-state index in [9.17, 15) is 14.4 Å². The molecule has 1 atom stereocenters. The minimum Gasteiger partial charge on any atom is -0.480 e. The van der Waals surface area contributed by atoms with Gasteiger partial charge in [-0.2, -0.15) is 0 Å². The monoisotopic (exact) mass is 271 g/mol. The molecule has 0 aromatic rings. The van der Waals surface area contributed by atoms with E-state index in [4.69, 9.17) is 5.11 Å². The lowest BCUT2D eigenvalue weighted by Gasteiger charge is -2.30. The molecule has 7 heteroatoms. The summed E-state index contributed by atoms with van der Waals surface area (Å²) in [5.74, 6) is -1.20. The van der Waals surface area contributed by atoms with Gasteiger partial charge >= 0.3 is 12.0 Å². The molecular weight excluding hydrogens is 250 g/mol. The van der Waals surface area contributed by atoms with Crippen LogP contribution in [-0.4, -0.2) is 65.5 Å². The second-order valence-electron chi connectivity index (χ2n) is 4.81. The Bertz CT molecular complexity index is 353. The van der Waals surface area contributed by atoms with Crippen LogP contribution in [-0.2, 0) is 9.59 Å². The van der Waals surface area contributed by atoms with Crippen LogP contribution >= 0.6 is 0 Å². The van der Waals surface area contributed by atoms with E-state index < -0.39 is 24.6 Å². The number of carboxylic acids is 1. The van der Waals surface area contributed by atoms with E-state index in [1.807, 2.05) is 0 Å². The van der Waals surface area contributed by atoms with Gasteiger partial charge in [0.25, 0.3) is 0 Å². The smallest absolute Gasteiger partial charge is 0.323 e. The largest absolute Gasteiger partial charge is 0.480 e. The zero-order valence-electron chi connectivity index (χ0n) is 11.4. The van der Waals surface area contributed by atoms with E-state index in [-0.39, 0.29) is 5.91 Å². The van der Waals surface area contributed by atoms with Gasteiger partial charge < -0.3 is 20.2 Å². The Morgan fingerprint density at radius 3 is 2.37 bits per heavy atom. The average molecular weight is 271 g/mol. The summed E-state index contributed by atoms with van der Waals surface area (Å²) < 4.78 is 0. The van der Waals surface area contributed by atoms with Crippen molar-refractivity contribution in [1.29, 1.82) is 0 Å². The van der Waals surface area contributed by atoms with E-state index in [0.29, 0.717) is 0 Å². The van der Waals surface area contributed by atoms with Gasteiger partial charge in [-0.3, -0.25) is 9.59 Å². The molecule has 1 unspecified atom stereocenters. The number of rotatable bonds is 4. The minimum absolute atomic E-state index is 0.114. The topological polar surface area (TPSA) is 90.0 Å². The highest BCUT2D eigenvalue weighted by Gasteiger charge is 2.24. The van der Waals surface area contributed by atoms with Crippen molar-refractivity contribution in [3.8, 4) is 0 Å². The van der Waals surface area contributed by atoms with Crippen LogP contribution in [0.2, 0.25) is 0 Å². The number of carboxylic acid groups (broad SMARTS) is 1. The van der Waals surface area contributed by atoms with Crippen LogP contribution < -0.4 is 5.32 Å². The summed E-state index contributed by atoms with van der Waals surface area (Å²) in [5.41, 5.74) is 0. The third-order valence-electron chi connectivity index (χ3n) is 3.10. The average Bonchev–Trinajstić information content (AvgIpc) is 2.37. The molecule has 19 heavy (non-hydrogen) atoms. The predicted octanol–water partition coefficient (Wildman–Crippen LogP) is 0.113. The van der Waals surface area contributed by atoms with Crippen molar-refractivity contribution in [2.75, 3.05) is 26.7 Å². The Morgan fingerprint density at radius 1 is 1.26 bits per heavy atom. The summed E-state index contributed by atoms with van der Waals surface area (Å²) in [7, 11) is 1.38. The van der Waals surface area contributed by atoms with Crippen LogP contribution in [0.4, 0.5) is 4.79 Å². The van der Waals surface area contributed by atoms with Gasteiger partial charge in [0, 0.05) is 20.1 Å². The summed E-state index contributed by atoms with van der Waals surface area (Å²) in [6.45, 7) is 2.67. The number of hydrogen-bond acceptors (Lipinski definition) is 3. The van der Waals surface area contributed by atoms with Gasteiger partial charge in [-0.1, -0.05) is 0 Å². The number of piperidine rings is 1. The number of hydrogen-bond donors (Lipinski definition) is 2. The molecule has 0 aromatic heterocycles. The van der Waals surface area contributed by atoms with Crippen LogP contribution in [0.3, 0.4) is 0 Å². The Morgan fingerprint density at radius 2 is 1.84 bits per heavy atom. The Hall–Kier alpha value is -1.79. The molecule has 0 aliphatic carbocycles. The molecule has 1 rings (SSSR count). The zero-order valence-corrected chi connectivity index (χ0v) is 11.4. The van der Waals surface area contributed by atoms with Gasteiger partial charge in [0.15, 0.2) is 0 Å². The van der Waals surface area contributed by atoms with Gasteiger partial charge in [0.1, 0.15) is 12.6 Å². The SMILES string of the molecule is CC(NC(=O)N(C)CC(=O)O)C(=O)N1CCCCC1. The van der Waals surface area contributed by atoms with Crippen LogP contribution in [0.15, 0.2) is 0 Å². The van der Waals surface area contributed by atoms with Crippen LogP contribution in [0.5, 0.6) is 0 Å². The molecular formula is C12H21N3O4. The lowest BCUT2D eigenvalue weighted by Crippen LogP contribution is -2.51. The number of likely N-dealkylation sites (N-methyl/N-ethyl adjacent to an activating group) is 1. The molecule has 1 saturated heterocycles. The van der Waals surface area contributed by atoms with E-state index >= 15 is 0 Å². The molecule has 1 heterocycles. The fourth-order valence-electron chi connectivity index (χ4n) is 2.02. The minimum atomic E-state index is -1.09. The zero-order chi connectivity index (χ0) is 14.4. The van der Waals surface area contributed by atoms with Crippen LogP contribution in [0.1, 0.15) is 26.2 Å². The van der Waals surface area contributed by atoms with Crippen molar-refractivity contribution in [3.05, 3.63) is 0 Å². The Labute approximate surface area is 112 Å². The van der Waals surface area contributed by atoms with Gasteiger partial charge in [0.2, 0.25) is 5.91 Å². The molecule has 3 amide bonds. The highest BCUT2D eigenvalue weighted by Crippen LogP contribution is 2.09. The van der Waals surface area contributed by atoms with Crippen molar-refractivity contribution in [1.82, 2.24) is 15.1 Å². The first-order valence-electron chi connectivity index (χ1n) is 6.44. The standard InChI is InChI=1S/C12H21N3O4/c1-9(11(18)15-6-4-3-5-7-15)13-12(19)14(2)8-10(16)17/h9H,3-8H2,1-2H3,(H,13,19)(H,16,17). The maximum atomic E-state index is 12.1. The molecule has 1 aliphatic rings. The van der Waals surface area contributed by atoms with Crippen LogP contribution in [0, 0.1) is 0 Å². The molecule has 1 fully saturated rings. The molecule has 0 radical (unpaired) electrons. The van der Waals surface area contributed by atoms with Gasteiger partial charge in [-0.15, -0.1) is 0 Å². The maximum absolute atomic E-state index is 12.1. The van der Waals surface area contributed by atoms with Crippen molar-refractivity contribution in [2.45, 2.75) is 32.2 Å². The van der Waals surface area contributed by atoms with Gasteiger partial charge in [0.05, 0.1) is 0 Å². The molecule has 7 nitrogen and oxygen atoms in total. The second kappa shape index (κ2) is 6.96. The van der Waals surface area contributed by atoms with E-state index in [2.05, 4.69) is 5.32 Å². The number of amides is 3. The summed E-state index contributed by atoms with van der Waals surface area (Å²) in [4.78, 5) is 37.0. The first-order valence-corrected chi connectivity index (χ1v) is 6.44. The third kappa shape index (κ3) is 4.76. The van der Waals surface area contributed by atoms with Crippen molar-refractivity contribution >= 4 is 17.9 Å². The normalized spacial score (nSPS) is 16.6. The van der Waals surface area contributed by atoms with E-state index in [1.54, 1.807) is 11.8 Å². The molecule has 1 aliphatic heterocycles. The first-order chi connectivity index (χ1) is 8.91. The van der Waals surface area contributed by atoms with Crippen LogP contribution in [0.25, 0.3) is 0 Å². The van der Waals surface area contributed by atoms with E-state index in [1.165, 1.54) is 7.05 Å². The number of nitrogens with one attached hydrogen (secondary N) is 1. The quantitative estimate of drug-likeness (QED) is 0.759. The molecule has 2 N–H and O–H groups in total. The summed E-state index contributed by atoms with van der Waals surface area (Å²) in [5, 5.41) is 11.1. The fourth-order valence-corrected chi connectivity index (χ4v) is 2.02. The summed E-state index contributed by atoms with van der Waals surface area (Å²) >= 11 is 0. The fraction of sp³-hybridized carbons (Fsp3) is 0.750. The lowest BCUT2D eigenvalue weighted by molar-refractivity contribution is -0.137. The molecule has 0 saturated carbocycles. The number of carbonyl (C=O) groups is 3. The lowest BCUT2D eigenvalue weighted by atomic mass is 10.1. The third-order valence-corrected chi connectivity index (χ3v) is 3.10. The van der Waals surface area contributed by atoms with Crippen molar-refractivity contribution in [2.24, 2.45) is 0 Å². The Kier molecular flexibility index (Phi) is 5.59. The Balaban J connectivity index is 2.44. The van der Waals surface area contributed by atoms with Crippen molar-refractivity contribution in [3.63, 3.8) is 0 Å². The maximum Gasteiger partial charge on any atom is 0.323 e. The predicted molar refractivity (Wildman–Crippen MR) is 68.7 cm³/mol.